The quantitative estimate of drug-likeness (QED) is 0.228. The molecule has 5 rings (SSSR count). The molecule has 0 saturated carbocycles. The SMILES string of the molecule is COC[C@H]1NC(=O)CC/C=C\CN(C(C)C)C(=O)[C@@H]2N(CCCCCO)C(=O)[C@H]3[C@H](C(=O)O[C@@H]1c1ccccc1)[C@H]1O[C@@]23C=C1Br. The minimum Gasteiger partial charge on any atom is -0.455 e. The number of carbonyl (C=O) groups is 4. The van der Waals surface area contributed by atoms with E-state index in [1.54, 1.807) is 15.9 Å². The molecule has 7 atom stereocenters. The first kappa shape index (κ1) is 34.3. The zero-order valence-electron chi connectivity index (χ0n) is 26.6. The largest absolute Gasteiger partial charge is 0.455 e. The molecular weight excluding hydrogens is 658 g/mol. The molecule has 3 amide bonds. The summed E-state index contributed by atoms with van der Waals surface area (Å²) in [6.07, 6.45) is 6.28. The smallest absolute Gasteiger partial charge is 0.313 e. The molecule has 12 heteroatoms. The maximum atomic E-state index is 14.5. The molecule has 0 aliphatic carbocycles. The van der Waals surface area contributed by atoms with Gasteiger partial charge in [-0.2, -0.15) is 0 Å². The normalized spacial score (nSPS) is 32.4. The minimum absolute atomic E-state index is 0.0395. The molecule has 0 aromatic heterocycles. The van der Waals surface area contributed by atoms with E-state index in [0.29, 0.717) is 35.7 Å². The number of aliphatic hydroxyl groups excluding tert-OH is 1. The molecule has 46 heavy (non-hydrogen) atoms. The fourth-order valence-corrected chi connectivity index (χ4v) is 7.94. The molecule has 11 nitrogen and oxygen atoms in total. The maximum absolute atomic E-state index is 14.5. The zero-order valence-corrected chi connectivity index (χ0v) is 28.2. The van der Waals surface area contributed by atoms with Crippen molar-refractivity contribution in [1.29, 1.82) is 0 Å². The van der Waals surface area contributed by atoms with Crippen LogP contribution >= 0.6 is 15.9 Å². The number of aliphatic hydroxyl groups is 1. The van der Waals surface area contributed by atoms with Gasteiger partial charge in [-0.05, 0) is 51.2 Å². The van der Waals surface area contributed by atoms with Crippen molar-refractivity contribution in [1.82, 2.24) is 15.1 Å². The molecule has 1 aromatic rings. The lowest BCUT2D eigenvalue weighted by atomic mass is 9.74. The van der Waals surface area contributed by atoms with Crippen LogP contribution in [0.3, 0.4) is 0 Å². The predicted molar refractivity (Wildman–Crippen MR) is 172 cm³/mol. The van der Waals surface area contributed by atoms with Crippen LogP contribution < -0.4 is 5.32 Å². The Morgan fingerprint density at radius 2 is 1.83 bits per heavy atom. The van der Waals surface area contributed by atoms with Gasteiger partial charge in [0.25, 0.3) is 0 Å². The first-order chi connectivity index (χ1) is 22.1. The van der Waals surface area contributed by atoms with Crippen LogP contribution in [-0.4, -0.2) is 102 Å². The fraction of sp³-hybridized carbons (Fsp3) is 0.588. The number of rotatable bonds is 9. The van der Waals surface area contributed by atoms with Gasteiger partial charge in [0, 0.05) is 43.8 Å². The number of nitrogens with zero attached hydrogens (tertiary/aromatic N) is 2. The monoisotopic (exact) mass is 701 g/mol. The van der Waals surface area contributed by atoms with E-state index in [1.807, 2.05) is 56.3 Å². The van der Waals surface area contributed by atoms with Gasteiger partial charge in [0.1, 0.15) is 29.8 Å². The van der Waals surface area contributed by atoms with E-state index in [4.69, 9.17) is 14.2 Å². The van der Waals surface area contributed by atoms with Gasteiger partial charge in [0.2, 0.25) is 17.7 Å². The van der Waals surface area contributed by atoms with Crippen molar-refractivity contribution in [3.63, 3.8) is 0 Å². The molecule has 2 N–H and O–H groups in total. The summed E-state index contributed by atoms with van der Waals surface area (Å²) in [6, 6.07) is 7.23. The number of nitrogens with one attached hydrogen (secondary N) is 1. The van der Waals surface area contributed by atoms with Crippen LogP contribution in [0, 0.1) is 11.8 Å². The van der Waals surface area contributed by atoms with Gasteiger partial charge in [0.05, 0.1) is 18.6 Å². The Morgan fingerprint density at radius 3 is 2.52 bits per heavy atom. The summed E-state index contributed by atoms with van der Waals surface area (Å²) in [6.45, 7) is 4.51. The molecule has 1 aromatic carbocycles. The lowest BCUT2D eigenvalue weighted by Crippen LogP contribution is -2.57. The minimum atomic E-state index is -1.37. The van der Waals surface area contributed by atoms with Crippen LogP contribution in [-0.2, 0) is 33.4 Å². The van der Waals surface area contributed by atoms with Crippen LogP contribution in [0.15, 0.2) is 53.0 Å². The molecule has 2 fully saturated rings. The lowest BCUT2D eigenvalue weighted by Gasteiger charge is -2.37. The third kappa shape index (κ3) is 6.54. The zero-order chi connectivity index (χ0) is 33.0. The average molecular weight is 703 g/mol. The van der Waals surface area contributed by atoms with Crippen molar-refractivity contribution < 1.29 is 38.5 Å². The number of amides is 3. The number of allylic oxidation sites excluding steroid dienone is 1. The first-order valence-corrected chi connectivity index (χ1v) is 16.9. The number of cyclic esters (lactones) is 1. The summed E-state index contributed by atoms with van der Waals surface area (Å²) in [5.74, 6) is -3.50. The lowest BCUT2D eigenvalue weighted by molar-refractivity contribution is -0.162. The average Bonchev–Trinajstić information content (AvgIpc) is 3.62. The standard InChI is InChI=1S/C34H44BrN3O8/c1-21(2)37-16-10-5-9-15-25(40)36-24(20-44-3)28(22-13-7-4-8-14-22)45-33(43)26-27-31(41)38(17-11-6-12-18-39)30(32(37)42)34(27)19-23(35)29(26)46-34/h4-5,7-8,10,13-14,19,21,24,26-30,39H,6,9,11-12,15-18,20H2,1-3H3,(H,36,40)/b10-5-/t24-,26+,27-,28-,29+,30+,34-/m1/s1. The Bertz CT molecular complexity index is 1350. The van der Waals surface area contributed by atoms with Gasteiger partial charge in [-0.15, -0.1) is 0 Å². The summed E-state index contributed by atoms with van der Waals surface area (Å²) in [5.41, 5.74) is -0.709. The number of unbranched alkanes of at least 4 members (excludes halogenated alkanes) is 2. The van der Waals surface area contributed by atoms with Gasteiger partial charge in [-0.3, -0.25) is 19.2 Å². The van der Waals surface area contributed by atoms with Crippen molar-refractivity contribution in [2.45, 2.75) is 81.9 Å². The van der Waals surface area contributed by atoms with Crippen LogP contribution in [0.2, 0.25) is 0 Å². The molecule has 1 spiro atoms. The number of methoxy groups -OCH3 is 1. The van der Waals surface area contributed by atoms with Crippen LogP contribution in [0.1, 0.15) is 57.6 Å². The Morgan fingerprint density at radius 1 is 1.07 bits per heavy atom. The Kier molecular flexibility index (Phi) is 11.0. The number of likely N-dealkylation sites (tertiary alicyclic amines) is 1. The van der Waals surface area contributed by atoms with Crippen molar-refractivity contribution >= 4 is 39.6 Å². The highest BCUT2D eigenvalue weighted by atomic mass is 79.9. The topological polar surface area (TPSA) is 135 Å². The molecule has 0 unspecified atom stereocenters. The molecular formula is C34H44BrN3O8. The second-order valence-electron chi connectivity index (χ2n) is 12.6. The first-order valence-electron chi connectivity index (χ1n) is 16.1. The summed E-state index contributed by atoms with van der Waals surface area (Å²) >= 11 is 3.60. The summed E-state index contributed by atoms with van der Waals surface area (Å²) in [5, 5.41) is 12.3. The third-order valence-corrected chi connectivity index (χ3v) is 10.0. The highest BCUT2D eigenvalue weighted by Gasteiger charge is 2.75. The number of halogens is 1. The number of carbonyl (C=O) groups excluding carboxylic acids is 4. The molecule has 250 valence electrons. The van der Waals surface area contributed by atoms with Gasteiger partial charge in [-0.1, -0.05) is 58.4 Å². The van der Waals surface area contributed by atoms with E-state index >= 15 is 0 Å². The van der Waals surface area contributed by atoms with Crippen LogP contribution in [0.4, 0.5) is 0 Å². The second-order valence-corrected chi connectivity index (χ2v) is 13.6. The molecule has 2 saturated heterocycles. The number of benzene rings is 1. The summed E-state index contributed by atoms with van der Waals surface area (Å²) < 4.78 is 18.9. The van der Waals surface area contributed by atoms with Crippen molar-refractivity contribution in [2.75, 3.05) is 33.4 Å². The number of fused-ring (bicyclic) bond motifs is 2. The van der Waals surface area contributed by atoms with Gasteiger partial charge in [0.15, 0.2) is 0 Å². The Balaban J connectivity index is 1.60. The molecule has 5 bridgehead atoms. The second kappa shape index (κ2) is 14.8. The van der Waals surface area contributed by atoms with E-state index < -0.39 is 47.7 Å². The van der Waals surface area contributed by atoms with E-state index in [-0.39, 0.29) is 56.5 Å². The molecule has 4 heterocycles. The van der Waals surface area contributed by atoms with Crippen LogP contribution in [0.5, 0.6) is 0 Å². The third-order valence-electron chi connectivity index (χ3n) is 9.33. The number of hydrogen-bond donors (Lipinski definition) is 2. The molecule has 4 aliphatic heterocycles. The van der Waals surface area contributed by atoms with E-state index in [9.17, 15) is 24.3 Å². The summed E-state index contributed by atoms with van der Waals surface area (Å²) in [4.78, 5) is 59.7. The Hall–Kier alpha value is -3.06. The van der Waals surface area contributed by atoms with Gasteiger partial charge >= 0.3 is 5.97 Å². The fourth-order valence-electron chi connectivity index (χ4n) is 7.20. The molecule has 4 aliphatic rings. The summed E-state index contributed by atoms with van der Waals surface area (Å²) in [7, 11) is 1.51. The highest BCUT2D eigenvalue weighted by Crippen LogP contribution is 2.59. The van der Waals surface area contributed by atoms with E-state index in [1.165, 1.54) is 7.11 Å². The van der Waals surface area contributed by atoms with Gasteiger partial charge in [-0.25, -0.2) is 0 Å². The highest BCUT2D eigenvalue weighted by molar-refractivity contribution is 9.11. The van der Waals surface area contributed by atoms with E-state index in [2.05, 4.69) is 21.2 Å². The van der Waals surface area contributed by atoms with E-state index in [0.717, 1.165) is 0 Å². The number of ether oxygens (including phenoxy) is 3. The Labute approximate surface area is 278 Å². The van der Waals surface area contributed by atoms with Crippen LogP contribution in [0.25, 0.3) is 0 Å². The van der Waals surface area contributed by atoms with Crippen molar-refractivity contribution in [3.05, 3.63) is 58.6 Å². The molecule has 0 radical (unpaired) electrons. The maximum Gasteiger partial charge on any atom is 0.313 e. The van der Waals surface area contributed by atoms with Crippen molar-refractivity contribution in [3.8, 4) is 0 Å². The number of esters is 1. The number of hydrogen-bond acceptors (Lipinski definition) is 8. The predicted octanol–water partition coefficient (Wildman–Crippen LogP) is 3.02. The van der Waals surface area contributed by atoms with Gasteiger partial charge < -0.3 is 34.4 Å². The van der Waals surface area contributed by atoms with Crippen molar-refractivity contribution in [2.24, 2.45) is 11.8 Å².